The molecule has 1 aliphatic rings. The van der Waals surface area contributed by atoms with Crippen LogP contribution in [0.5, 0.6) is 5.75 Å². The number of ether oxygens (including phenoxy) is 1. The van der Waals surface area contributed by atoms with E-state index in [1.165, 1.54) is 22.4 Å². The third-order valence-electron chi connectivity index (χ3n) is 5.02. The van der Waals surface area contributed by atoms with Crippen molar-refractivity contribution < 1.29 is 17.5 Å². The summed E-state index contributed by atoms with van der Waals surface area (Å²) in [7, 11) is -2.63. The highest BCUT2D eigenvalue weighted by Crippen LogP contribution is 2.33. The molecule has 0 bridgehead atoms. The van der Waals surface area contributed by atoms with Crippen LogP contribution in [0, 0.1) is 24.2 Å². The van der Waals surface area contributed by atoms with E-state index in [2.05, 4.69) is 22.1 Å². The normalized spacial score (nSPS) is 16.8. The maximum Gasteiger partial charge on any atom is 0.247 e. The number of benzene rings is 2. The summed E-state index contributed by atoms with van der Waals surface area (Å²) in [6, 6.07) is 9.21. The minimum Gasteiger partial charge on any atom is -0.495 e. The molecule has 0 unspecified atom stereocenters. The van der Waals surface area contributed by atoms with Gasteiger partial charge in [-0.25, -0.2) is 12.8 Å². The first-order chi connectivity index (χ1) is 13.8. The quantitative estimate of drug-likeness (QED) is 0.588. The highest BCUT2D eigenvalue weighted by molar-refractivity contribution is 9.10. The molecule has 3 rings (SSSR count). The number of sulfonamides is 1. The number of aryl methyl sites for hydroxylation is 1. The van der Waals surface area contributed by atoms with Crippen LogP contribution in [-0.4, -0.2) is 43.9 Å². The maximum atomic E-state index is 14.7. The minimum atomic E-state index is -4.03. The molecule has 2 aromatic carbocycles. The topological polar surface area (TPSA) is 73.6 Å². The molecule has 154 valence electrons. The van der Waals surface area contributed by atoms with Crippen molar-refractivity contribution in [1.82, 2.24) is 9.21 Å². The van der Waals surface area contributed by atoms with Crippen molar-refractivity contribution in [1.29, 1.82) is 5.26 Å². The number of rotatable bonds is 6. The Morgan fingerprint density at radius 1 is 1.38 bits per heavy atom. The second kappa shape index (κ2) is 8.69. The first-order valence-corrected chi connectivity index (χ1v) is 11.2. The summed E-state index contributed by atoms with van der Waals surface area (Å²) in [5, 5.41) is 9.20. The lowest BCUT2D eigenvalue weighted by atomic mass is 10.1. The number of nitriles is 1. The predicted molar refractivity (Wildman–Crippen MR) is 110 cm³/mol. The number of nitrogens with zero attached hydrogens (tertiary/aromatic N) is 3. The van der Waals surface area contributed by atoms with Crippen LogP contribution in [0.1, 0.15) is 17.5 Å². The lowest BCUT2D eigenvalue weighted by molar-refractivity contribution is 0.308. The van der Waals surface area contributed by atoms with Crippen molar-refractivity contribution in [3.63, 3.8) is 0 Å². The predicted octanol–water partition coefficient (Wildman–Crippen LogP) is 3.65. The first-order valence-electron chi connectivity index (χ1n) is 9.02. The molecule has 0 aliphatic carbocycles. The zero-order valence-electron chi connectivity index (χ0n) is 16.1. The fourth-order valence-corrected chi connectivity index (χ4v) is 5.78. The molecule has 2 aromatic rings. The van der Waals surface area contributed by atoms with Gasteiger partial charge in [-0.2, -0.15) is 9.57 Å². The fraction of sp³-hybridized carbons (Fsp3) is 0.350. The van der Waals surface area contributed by atoms with Gasteiger partial charge in [0.25, 0.3) is 0 Å². The average Bonchev–Trinajstić information content (AvgIpc) is 3.17. The molecule has 0 spiro atoms. The summed E-state index contributed by atoms with van der Waals surface area (Å²) in [5.74, 6) is -0.220. The van der Waals surface area contributed by atoms with Crippen LogP contribution < -0.4 is 4.74 Å². The average molecular weight is 482 g/mol. The Morgan fingerprint density at radius 3 is 2.79 bits per heavy atom. The summed E-state index contributed by atoms with van der Waals surface area (Å²) < 4.78 is 49.1. The Kier molecular flexibility index (Phi) is 6.46. The van der Waals surface area contributed by atoms with Gasteiger partial charge in [-0.05, 0) is 37.1 Å². The van der Waals surface area contributed by atoms with Crippen LogP contribution in [-0.2, 0) is 16.6 Å². The van der Waals surface area contributed by atoms with E-state index in [0.717, 1.165) is 0 Å². The van der Waals surface area contributed by atoms with E-state index in [-0.39, 0.29) is 29.3 Å². The lowest BCUT2D eigenvalue weighted by Gasteiger charge is -2.29. The van der Waals surface area contributed by atoms with E-state index in [0.29, 0.717) is 23.0 Å². The lowest BCUT2D eigenvalue weighted by Crippen LogP contribution is -2.41. The molecule has 1 fully saturated rings. The van der Waals surface area contributed by atoms with Crippen molar-refractivity contribution in [3.05, 3.63) is 57.8 Å². The van der Waals surface area contributed by atoms with Gasteiger partial charge in [0, 0.05) is 35.7 Å². The summed E-state index contributed by atoms with van der Waals surface area (Å²) in [6.07, 6.45) is 2.54. The smallest absolute Gasteiger partial charge is 0.247 e. The van der Waals surface area contributed by atoms with Gasteiger partial charge < -0.3 is 9.64 Å². The molecule has 1 heterocycles. The molecule has 1 saturated heterocycles. The van der Waals surface area contributed by atoms with Gasteiger partial charge >= 0.3 is 0 Å². The largest absolute Gasteiger partial charge is 0.495 e. The Balaban J connectivity index is 2.09. The van der Waals surface area contributed by atoms with Crippen molar-refractivity contribution >= 4 is 26.0 Å². The number of methoxy groups -OCH3 is 1. The number of hydrogen-bond acceptors (Lipinski definition) is 5. The Hall–Kier alpha value is -2.15. The van der Waals surface area contributed by atoms with Gasteiger partial charge in [0.05, 0.1) is 7.11 Å². The second-order valence-corrected chi connectivity index (χ2v) is 9.66. The van der Waals surface area contributed by atoms with Crippen molar-refractivity contribution in [2.75, 3.05) is 20.2 Å². The van der Waals surface area contributed by atoms with Crippen molar-refractivity contribution in [2.24, 2.45) is 0 Å². The maximum absolute atomic E-state index is 14.7. The minimum absolute atomic E-state index is 0.00200. The zero-order chi connectivity index (χ0) is 21.2. The monoisotopic (exact) mass is 481 g/mol. The Bertz CT molecular complexity index is 1060. The Morgan fingerprint density at radius 2 is 2.14 bits per heavy atom. The number of likely N-dealkylation sites (tertiary alicyclic amines) is 1. The fourth-order valence-electron chi connectivity index (χ4n) is 3.45. The molecule has 0 aromatic heterocycles. The van der Waals surface area contributed by atoms with Gasteiger partial charge in [-0.15, -0.1) is 0 Å². The number of halogens is 2. The molecule has 1 atom stereocenters. The third kappa shape index (κ3) is 4.39. The second-order valence-electron chi connectivity index (χ2n) is 6.88. The SMILES string of the molecule is COc1ccc(Br)cc1S(=O)(=O)N(Cc1cccc(C)c1F)[C@@H]1CCN(C#N)C1. The van der Waals surface area contributed by atoms with Crippen LogP contribution in [0.25, 0.3) is 0 Å². The van der Waals surface area contributed by atoms with Crippen LogP contribution in [0.4, 0.5) is 4.39 Å². The van der Waals surface area contributed by atoms with Crippen molar-refractivity contribution in [2.45, 2.75) is 30.8 Å². The Labute approximate surface area is 178 Å². The molecule has 0 amide bonds. The molecule has 1 aliphatic heterocycles. The summed E-state index contributed by atoms with van der Waals surface area (Å²) in [5.41, 5.74) is 0.739. The molecular weight excluding hydrogens is 461 g/mol. The van der Waals surface area contributed by atoms with E-state index in [9.17, 15) is 18.1 Å². The molecule has 29 heavy (non-hydrogen) atoms. The van der Waals surface area contributed by atoms with E-state index < -0.39 is 21.9 Å². The summed E-state index contributed by atoms with van der Waals surface area (Å²) in [4.78, 5) is 1.51. The van der Waals surface area contributed by atoms with Gasteiger partial charge in [0.1, 0.15) is 16.5 Å². The standard InChI is InChI=1S/C20H21BrFN3O3S/c1-14-4-3-5-15(20(14)22)11-25(17-8-9-24(12-17)13-23)29(26,27)19-10-16(21)6-7-18(19)28-2/h3-7,10,17H,8-9,11-12H2,1-2H3/t17-/m1/s1. The van der Waals surface area contributed by atoms with Gasteiger partial charge in [0.2, 0.25) is 10.0 Å². The van der Waals surface area contributed by atoms with E-state index in [1.807, 2.05) is 0 Å². The first kappa shape index (κ1) is 21.6. The van der Waals surface area contributed by atoms with E-state index in [1.54, 1.807) is 37.3 Å². The molecule has 9 heteroatoms. The van der Waals surface area contributed by atoms with Crippen LogP contribution in [0.15, 0.2) is 45.8 Å². The van der Waals surface area contributed by atoms with E-state index >= 15 is 0 Å². The zero-order valence-corrected chi connectivity index (χ0v) is 18.5. The highest BCUT2D eigenvalue weighted by atomic mass is 79.9. The van der Waals surface area contributed by atoms with Crippen LogP contribution in [0.2, 0.25) is 0 Å². The molecule has 0 saturated carbocycles. The van der Waals surface area contributed by atoms with Gasteiger partial charge in [0.15, 0.2) is 6.19 Å². The molecule has 0 radical (unpaired) electrons. The summed E-state index contributed by atoms with van der Waals surface area (Å²) in [6.45, 7) is 2.23. The third-order valence-corrected chi connectivity index (χ3v) is 7.44. The van der Waals surface area contributed by atoms with Crippen LogP contribution >= 0.6 is 15.9 Å². The summed E-state index contributed by atoms with van der Waals surface area (Å²) >= 11 is 3.31. The van der Waals surface area contributed by atoms with Crippen LogP contribution in [0.3, 0.4) is 0 Å². The molecular formula is C20H21BrFN3O3S. The van der Waals surface area contributed by atoms with Gasteiger partial charge in [-0.1, -0.05) is 34.1 Å². The highest BCUT2D eigenvalue weighted by Gasteiger charge is 2.38. The molecule has 0 N–H and O–H groups in total. The van der Waals surface area contributed by atoms with E-state index in [4.69, 9.17) is 4.74 Å². The van der Waals surface area contributed by atoms with Crippen molar-refractivity contribution in [3.8, 4) is 11.9 Å². The van der Waals surface area contributed by atoms with Gasteiger partial charge in [-0.3, -0.25) is 0 Å². The molecule has 6 nitrogen and oxygen atoms in total. The number of hydrogen-bond donors (Lipinski definition) is 0.